The van der Waals surface area contributed by atoms with E-state index in [2.05, 4.69) is 30.3 Å². The van der Waals surface area contributed by atoms with Crippen LogP contribution in [0.1, 0.15) is 32.4 Å². The Morgan fingerprint density at radius 1 is 1.47 bits per heavy atom. The Morgan fingerprint density at radius 3 is 2.88 bits per heavy atom. The molecule has 0 aliphatic heterocycles. The van der Waals surface area contributed by atoms with E-state index in [1.807, 2.05) is 17.9 Å². The molecule has 1 unspecified atom stereocenters. The Hall–Kier alpha value is -0.870. The molecule has 0 radical (unpaired) electrons. The van der Waals surface area contributed by atoms with E-state index in [-0.39, 0.29) is 0 Å². The largest absolute Gasteiger partial charge is 0.380 e. The molecule has 4 nitrogen and oxygen atoms in total. The van der Waals surface area contributed by atoms with Crippen molar-refractivity contribution in [2.24, 2.45) is 7.05 Å². The van der Waals surface area contributed by atoms with Crippen LogP contribution < -0.4 is 5.32 Å². The van der Waals surface area contributed by atoms with Crippen LogP contribution in [0.15, 0.2) is 12.3 Å². The molecule has 1 N–H and O–H groups in total. The smallest absolute Gasteiger partial charge is 0.0619 e. The summed E-state index contributed by atoms with van der Waals surface area (Å²) < 4.78 is 7.55. The molecule has 4 heteroatoms. The van der Waals surface area contributed by atoms with Gasteiger partial charge in [-0.15, -0.1) is 0 Å². The highest BCUT2D eigenvalue weighted by Gasteiger charge is 2.08. The lowest BCUT2D eigenvalue weighted by molar-refractivity contribution is 0.110. The minimum absolute atomic E-state index is 0.446. The summed E-state index contributed by atoms with van der Waals surface area (Å²) in [4.78, 5) is 0. The number of rotatable bonds is 9. The molecular formula is C13H25N3O. The number of hydrogen-bond donors (Lipinski definition) is 1. The topological polar surface area (TPSA) is 39.1 Å². The number of nitrogens with zero attached hydrogens (tertiary/aromatic N) is 2. The first kappa shape index (κ1) is 14.2. The van der Waals surface area contributed by atoms with Gasteiger partial charge >= 0.3 is 0 Å². The first-order chi connectivity index (χ1) is 8.27. The predicted molar refractivity (Wildman–Crippen MR) is 70.1 cm³/mol. The number of hydrogen-bond acceptors (Lipinski definition) is 3. The number of likely N-dealkylation sites (N-methyl/N-ethyl adjacent to an activating group) is 1. The zero-order valence-electron chi connectivity index (χ0n) is 11.3. The van der Waals surface area contributed by atoms with Crippen molar-refractivity contribution in [1.29, 1.82) is 0 Å². The van der Waals surface area contributed by atoms with Crippen LogP contribution in [0.5, 0.6) is 0 Å². The quantitative estimate of drug-likeness (QED) is 0.667. The monoisotopic (exact) mass is 239 g/mol. The molecule has 0 saturated carbocycles. The standard InChI is InChI=1S/C13H25N3O/c1-4-10-17-11-12(14-5-2)6-7-13-8-9-15-16(13)3/h8-9,12,14H,4-7,10-11H2,1-3H3. The van der Waals surface area contributed by atoms with E-state index < -0.39 is 0 Å². The van der Waals surface area contributed by atoms with E-state index in [9.17, 15) is 0 Å². The molecule has 0 aliphatic carbocycles. The van der Waals surface area contributed by atoms with Crippen LogP contribution in [0, 0.1) is 0 Å². The summed E-state index contributed by atoms with van der Waals surface area (Å²) in [5.74, 6) is 0. The number of aromatic nitrogens is 2. The zero-order valence-corrected chi connectivity index (χ0v) is 11.3. The molecule has 1 aromatic rings. The van der Waals surface area contributed by atoms with Gasteiger partial charge in [-0.25, -0.2) is 0 Å². The molecule has 0 aromatic carbocycles. The highest BCUT2D eigenvalue weighted by molar-refractivity contribution is 5.00. The van der Waals surface area contributed by atoms with E-state index in [0.717, 1.165) is 39.0 Å². The second kappa shape index (κ2) is 8.25. The molecule has 0 fully saturated rings. The Kier molecular flexibility index (Phi) is 6.89. The maximum absolute atomic E-state index is 5.61. The minimum atomic E-state index is 0.446. The highest BCUT2D eigenvalue weighted by atomic mass is 16.5. The third kappa shape index (κ3) is 5.33. The van der Waals surface area contributed by atoms with Crippen molar-refractivity contribution in [2.75, 3.05) is 19.8 Å². The second-order valence-electron chi connectivity index (χ2n) is 4.31. The second-order valence-corrected chi connectivity index (χ2v) is 4.31. The van der Waals surface area contributed by atoms with Crippen molar-refractivity contribution in [3.8, 4) is 0 Å². The van der Waals surface area contributed by atoms with Crippen molar-refractivity contribution in [1.82, 2.24) is 15.1 Å². The van der Waals surface area contributed by atoms with Crippen molar-refractivity contribution < 1.29 is 4.74 Å². The maximum Gasteiger partial charge on any atom is 0.0619 e. The first-order valence-corrected chi connectivity index (χ1v) is 6.55. The van der Waals surface area contributed by atoms with Gasteiger partial charge in [-0.3, -0.25) is 4.68 Å². The van der Waals surface area contributed by atoms with Gasteiger partial charge in [-0.05, 0) is 31.9 Å². The summed E-state index contributed by atoms with van der Waals surface area (Å²) in [6, 6.07) is 2.53. The third-order valence-corrected chi connectivity index (χ3v) is 2.83. The highest BCUT2D eigenvalue weighted by Crippen LogP contribution is 2.04. The van der Waals surface area contributed by atoms with Gasteiger partial charge in [0.1, 0.15) is 0 Å². The van der Waals surface area contributed by atoms with Crippen LogP contribution in [0.2, 0.25) is 0 Å². The molecule has 0 spiro atoms. The SMILES string of the molecule is CCCOCC(CCc1ccnn1C)NCC. The van der Waals surface area contributed by atoms with Crippen LogP contribution >= 0.6 is 0 Å². The van der Waals surface area contributed by atoms with Gasteiger partial charge in [-0.2, -0.15) is 5.10 Å². The lowest BCUT2D eigenvalue weighted by Crippen LogP contribution is -2.34. The van der Waals surface area contributed by atoms with E-state index in [4.69, 9.17) is 4.74 Å². The molecule has 17 heavy (non-hydrogen) atoms. The average Bonchev–Trinajstić information content (AvgIpc) is 2.72. The Balaban J connectivity index is 2.30. The van der Waals surface area contributed by atoms with Crippen molar-refractivity contribution >= 4 is 0 Å². The molecule has 0 saturated heterocycles. The summed E-state index contributed by atoms with van der Waals surface area (Å²) >= 11 is 0. The molecule has 0 amide bonds. The maximum atomic E-state index is 5.61. The van der Waals surface area contributed by atoms with Crippen LogP contribution in [0.25, 0.3) is 0 Å². The van der Waals surface area contributed by atoms with Crippen molar-refractivity contribution in [2.45, 2.75) is 39.2 Å². The lowest BCUT2D eigenvalue weighted by atomic mass is 10.1. The van der Waals surface area contributed by atoms with E-state index in [1.165, 1.54) is 5.69 Å². The number of ether oxygens (including phenoxy) is 1. The van der Waals surface area contributed by atoms with E-state index in [1.54, 1.807) is 0 Å². The molecular weight excluding hydrogens is 214 g/mol. The zero-order chi connectivity index (χ0) is 12.5. The fourth-order valence-electron chi connectivity index (χ4n) is 1.87. The Labute approximate surface area is 104 Å². The fourth-order valence-corrected chi connectivity index (χ4v) is 1.87. The molecule has 0 aliphatic rings. The Morgan fingerprint density at radius 2 is 2.29 bits per heavy atom. The molecule has 1 rings (SSSR count). The first-order valence-electron chi connectivity index (χ1n) is 6.55. The fraction of sp³-hybridized carbons (Fsp3) is 0.769. The van der Waals surface area contributed by atoms with Gasteiger partial charge in [0.25, 0.3) is 0 Å². The van der Waals surface area contributed by atoms with Gasteiger partial charge in [-0.1, -0.05) is 13.8 Å². The molecule has 1 atom stereocenters. The van der Waals surface area contributed by atoms with Crippen molar-refractivity contribution in [3.05, 3.63) is 18.0 Å². The van der Waals surface area contributed by atoms with Crippen LogP contribution in [-0.4, -0.2) is 35.6 Å². The van der Waals surface area contributed by atoms with Gasteiger partial charge in [0.15, 0.2) is 0 Å². The van der Waals surface area contributed by atoms with Gasteiger partial charge in [0, 0.05) is 31.6 Å². The molecule has 1 aromatic heterocycles. The number of nitrogens with one attached hydrogen (secondary N) is 1. The minimum Gasteiger partial charge on any atom is -0.380 e. The normalized spacial score (nSPS) is 12.9. The molecule has 0 bridgehead atoms. The summed E-state index contributed by atoms with van der Waals surface area (Å²) in [7, 11) is 1.99. The van der Waals surface area contributed by atoms with E-state index in [0.29, 0.717) is 6.04 Å². The van der Waals surface area contributed by atoms with Gasteiger partial charge in [0.2, 0.25) is 0 Å². The van der Waals surface area contributed by atoms with Gasteiger partial charge < -0.3 is 10.1 Å². The summed E-state index contributed by atoms with van der Waals surface area (Å²) in [6.45, 7) is 6.92. The van der Waals surface area contributed by atoms with Crippen LogP contribution in [0.4, 0.5) is 0 Å². The number of aryl methyl sites for hydroxylation is 2. The summed E-state index contributed by atoms with van der Waals surface area (Å²) in [6.07, 6.45) is 5.08. The van der Waals surface area contributed by atoms with Crippen molar-refractivity contribution in [3.63, 3.8) is 0 Å². The molecule has 1 heterocycles. The third-order valence-electron chi connectivity index (χ3n) is 2.83. The predicted octanol–water partition coefficient (Wildman–Crippen LogP) is 1.76. The van der Waals surface area contributed by atoms with Crippen LogP contribution in [0.3, 0.4) is 0 Å². The lowest BCUT2D eigenvalue weighted by Gasteiger charge is -2.17. The molecule has 98 valence electrons. The summed E-state index contributed by atoms with van der Waals surface area (Å²) in [5.41, 5.74) is 1.28. The van der Waals surface area contributed by atoms with E-state index >= 15 is 0 Å². The van der Waals surface area contributed by atoms with Gasteiger partial charge in [0.05, 0.1) is 6.61 Å². The Bertz CT molecular complexity index is 299. The van der Waals surface area contributed by atoms with Crippen LogP contribution in [-0.2, 0) is 18.2 Å². The summed E-state index contributed by atoms with van der Waals surface area (Å²) in [5, 5.41) is 7.65. The average molecular weight is 239 g/mol.